The monoisotopic (exact) mass is 408 g/mol. The maximum atomic E-state index is 12.1. The molecule has 0 atom stereocenters. The SMILES string of the molecule is COc1ccc(O)c(Cc2cnc3nc(N)[nH]c(=O)c3c2C)c1.CS(=O)(=O)O. The van der Waals surface area contributed by atoms with Gasteiger partial charge in [0.25, 0.3) is 15.7 Å². The molecule has 1 aromatic carbocycles. The molecule has 0 aliphatic rings. The topological polar surface area (TPSA) is 168 Å². The Morgan fingerprint density at radius 3 is 2.54 bits per heavy atom. The van der Waals surface area contributed by atoms with E-state index in [1.807, 2.05) is 6.92 Å². The van der Waals surface area contributed by atoms with E-state index in [9.17, 15) is 18.3 Å². The average molecular weight is 408 g/mol. The number of phenols is 1. The highest BCUT2D eigenvalue weighted by atomic mass is 32.2. The van der Waals surface area contributed by atoms with E-state index in [0.717, 1.165) is 11.1 Å². The molecule has 3 aromatic rings. The first kappa shape index (κ1) is 21.1. The Kier molecular flexibility index (Phi) is 6.21. The van der Waals surface area contributed by atoms with E-state index in [-0.39, 0.29) is 17.3 Å². The fraction of sp³-hybridized carbons (Fsp3) is 0.235. The number of phenolic OH excluding ortho intramolecular Hbond substituents is 1. The second-order valence-corrected chi connectivity index (χ2v) is 7.43. The first-order chi connectivity index (χ1) is 13.0. The third kappa shape index (κ3) is 5.41. The molecule has 0 spiro atoms. The second-order valence-electron chi connectivity index (χ2n) is 5.96. The molecule has 0 aliphatic heterocycles. The minimum atomic E-state index is -3.67. The number of ether oxygens (including phenoxy) is 1. The molecule has 0 unspecified atom stereocenters. The standard InChI is InChI=1S/C16H16N4O3.CH4O3S/c1-8-10(5-9-6-11(23-2)3-4-12(9)21)7-18-14-13(8)15(22)20-16(17)19-14;1-5(2,3)4/h3-4,6-7,21H,5H2,1-2H3,(H3,17,18,19,20,22);1H3,(H,2,3,4). The molecule has 5 N–H and O–H groups in total. The summed E-state index contributed by atoms with van der Waals surface area (Å²) in [7, 11) is -2.10. The molecule has 0 fully saturated rings. The number of hydrogen-bond donors (Lipinski definition) is 4. The summed E-state index contributed by atoms with van der Waals surface area (Å²) in [5, 5.41) is 10.4. The van der Waals surface area contributed by atoms with Crippen LogP contribution in [0.1, 0.15) is 16.7 Å². The third-order valence-corrected chi connectivity index (χ3v) is 3.79. The molecular weight excluding hydrogens is 388 g/mol. The number of pyridine rings is 1. The van der Waals surface area contributed by atoms with Crippen molar-refractivity contribution in [3.63, 3.8) is 0 Å². The van der Waals surface area contributed by atoms with Crippen LogP contribution in [0.3, 0.4) is 0 Å². The minimum absolute atomic E-state index is 0.0348. The molecule has 0 saturated carbocycles. The molecule has 28 heavy (non-hydrogen) atoms. The number of hydrogen-bond acceptors (Lipinski definition) is 8. The van der Waals surface area contributed by atoms with Crippen molar-refractivity contribution in [1.29, 1.82) is 0 Å². The Morgan fingerprint density at radius 1 is 1.29 bits per heavy atom. The number of H-pyrrole nitrogens is 1. The van der Waals surface area contributed by atoms with Gasteiger partial charge < -0.3 is 15.6 Å². The lowest BCUT2D eigenvalue weighted by Crippen LogP contribution is -2.14. The summed E-state index contributed by atoms with van der Waals surface area (Å²) in [4.78, 5) is 22.8. The van der Waals surface area contributed by atoms with Gasteiger partial charge in [0.2, 0.25) is 5.95 Å². The summed E-state index contributed by atoms with van der Waals surface area (Å²) < 4.78 is 31.0. The first-order valence-corrected chi connectivity index (χ1v) is 9.76. The summed E-state index contributed by atoms with van der Waals surface area (Å²) in [6, 6.07) is 5.01. The van der Waals surface area contributed by atoms with E-state index < -0.39 is 10.1 Å². The van der Waals surface area contributed by atoms with Crippen LogP contribution in [0.5, 0.6) is 11.5 Å². The number of methoxy groups -OCH3 is 1. The zero-order valence-electron chi connectivity index (χ0n) is 15.4. The highest BCUT2D eigenvalue weighted by Crippen LogP contribution is 2.27. The Balaban J connectivity index is 0.000000500. The molecule has 150 valence electrons. The van der Waals surface area contributed by atoms with Gasteiger partial charge in [-0.3, -0.25) is 14.3 Å². The summed E-state index contributed by atoms with van der Waals surface area (Å²) in [6.07, 6.45) is 2.77. The first-order valence-electron chi connectivity index (χ1n) is 7.92. The number of nitrogens with one attached hydrogen (secondary N) is 1. The number of nitrogens with zero attached hydrogens (tertiary/aromatic N) is 2. The van der Waals surface area contributed by atoms with E-state index in [1.54, 1.807) is 31.5 Å². The number of aryl methyl sites for hydroxylation is 1. The molecule has 0 bridgehead atoms. The van der Waals surface area contributed by atoms with Crippen molar-refractivity contribution in [3.8, 4) is 11.5 Å². The number of benzene rings is 1. The molecule has 2 aromatic heterocycles. The lowest BCUT2D eigenvalue weighted by molar-refractivity contribution is 0.411. The van der Waals surface area contributed by atoms with Gasteiger partial charge in [-0.25, -0.2) is 4.98 Å². The number of aromatic hydroxyl groups is 1. The molecule has 11 heteroatoms. The maximum absolute atomic E-state index is 12.1. The summed E-state index contributed by atoms with van der Waals surface area (Å²) in [6.45, 7) is 1.82. The lowest BCUT2D eigenvalue weighted by Gasteiger charge is -2.10. The molecule has 10 nitrogen and oxygen atoms in total. The molecule has 0 saturated heterocycles. The lowest BCUT2D eigenvalue weighted by atomic mass is 10.00. The average Bonchev–Trinajstić information content (AvgIpc) is 2.57. The van der Waals surface area contributed by atoms with Gasteiger partial charge in [-0.1, -0.05) is 0 Å². The molecule has 2 heterocycles. The number of aromatic nitrogens is 3. The molecule has 0 amide bonds. The summed E-state index contributed by atoms with van der Waals surface area (Å²) >= 11 is 0. The Labute approximate surface area is 160 Å². The van der Waals surface area contributed by atoms with Gasteiger partial charge in [-0.05, 0) is 36.2 Å². The van der Waals surface area contributed by atoms with Gasteiger partial charge in [-0.2, -0.15) is 13.4 Å². The van der Waals surface area contributed by atoms with Gasteiger partial charge in [0, 0.05) is 18.2 Å². The Bertz CT molecular complexity index is 1170. The number of nitrogens with two attached hydrogens (primary N) is 1. The Morgan fingerprint density at radius 2 is 1.93 bits per heavy atom. The molecular formula is C17H20N4O6S. The summed E-state index contributed by atoms with van der Waals surface area (Å²) in [5.41, 5.74) is 7.78. The normalized spacial score (nSPS) is 11.0. The smallest absolute Gasteiger partial charge is 0.262 e. The molecule has 0 aliphatic carbocycles. The van der Waals surface area contributed by atoms with E-state index in [1.165, 1.54) is 0 Å². The van der Waals surface area contributed by atoms with Crippen molar-refractivity contribution in [2.75, 3.05) is 19.1 Å². The van der Waals surface area contributed by atoms with Crippen LogP contribution in [-0.2, 0) is 16.5 Å². The van der Waals surface area contributed by atoms with Gasteiger partial charge in [0.15, 0.2) is 5.65 Å². The van der Waals surface area contributed by atoms with Crippen LogP contribution in [0.2, 0.25) is 0 Å². The minimum Gasteiger partial charge on any atom is -0.508 e. The van der Waals surface area contributed by atoms with Gasteiger partial charge in [0.1, 0.15) is 11.5 Å². The number of aromatic amines is 1. The van der Waals surface area contributed by atoms with Crippen LogP contribution >= 0.6 is 0 Å². The van der Waals surface area contributed by atoms with Gasteiger partial charge >= 0.3 is 0 Å². The number of nitrogen functional groups attached to an aromatic ring is 1. The van der Waals surface area contributed by atoms with E-state index in [0.29, 0.717) is 35.0 Å². The highest BCUT2D eigenvalue weighted by Gasteiger charge is 2.13. The fourth-order valence-corrected chi connectivity index (χ4v) is 2.52. The zero-order chi connectivity index (χ0) is 21.1. The summed E-state index contributed by atoms with van der Waals surface area (Å²) in [5.74, 6) is 0.846. The number of rotatable bonds is 3. The van der Waals surface area contributed by atoms with E-state index >= 15 is 0 Å². The van der Waals surface area contributed by atoms with Crippen molar-refractivity contribution in [1.82, 2.24) is 15.0 Å². The van der Waals surface area contributed by atoms with E-state index in [4.69, 9.17) is 15.0 Å². The van der Waals surface area contributed by atoms with Gasteiger partial charge in [0.05, 0.1) is 18.8 Å². The van der Waals surface area contributed by atoms with Gasteiger partial charge in [-0.15, -0.1) is 0 Å². The largest absolute Gasteiger partial charge is 0.508 e. The van der Waals surface area contributed by atoms with Crippen molar-refractivity contribution >= 4 is 27.1 Å². The van der Waals surface area contributed by atoms with Crippen LogP contribution in [0.4, 0.5) is 5.95 Å². The predicted octanol–water partition coefficient (Wildman–Crippen LogP) is 1.02. The number of fused-ring (bicyclic) bond motifs is 1. The van der Waals surface area contributed by atoms with Crippen molar-refractivity contribution in [2.45, 2.75) is 13.3 Å². The zero-order valence-corrected chi connectivity index (χ0v) is 16.2. The Hall–Kier alpha value is -3.18. The van der Waals surface area contributed by atoms with Crippen molar-refractivity contribution in [2.24, 2.45) is 0 Å². The van der Waals surface area contributed by atoms with Crippen molar-refractivity contribution in [3.05, 3.63) is 51.4 Å². The third-order valence-electron chi connectivity index (χ3n) is 3.79. The van der Waals surface area contributed by atoms with Crippen LogP contribution in [-0.4, -0.2) is 46.4 Å². The highest BCUT2D eigenvalue weighted by molar-refractivity contribution is 7.85. The predicted molar refractivity (Wildman–Crippen MR) is 104 cm³/mol. The van der Waals surface area contributed by atoms with Crippen LogP contribution in [0, 0.1) is 6.92 Å². The second kappa shape index (κ2) is 8.23. The maximum Gasteiger partial charge on any atom is 0.262 e. The van der Waals surface area contributed by atoms with Crippen LogP contribution < -0.4 is 16.0 Å². The van der Waals surface area contributed by atoms with E-state index in [2.05, 4.69) is 15.0 Å². The fourth-order valence-electron chi connectivity index (χ4n) is 2.52. The molecule has 0 radical (unpaired) electrons. The quantitative estimate of drug-likeness (QED) is 0.462. The molecule has 3 rings (SSSR count). The number of anilines is 1. The van der Waals surface area contributed by atoms with Crippen LogP contribution in [0.25, 0.3) is 11.0 Å². The van der Waals surface area contributed by atoms with Crippen molar-refractivity contribution < 1.29 is 22.8 Å². The van der Waals surface area contributed by atoms with Crippen LogP contribution in [0.15, 0.2) is 29.2 Å².